The quantitative estimate of drug-likeness (QED) is 0.642. The Morgan fingerprint density at radius 3 is 2.95 bits per heavy atom. The Labute approximate surface area is 117 Å². The Balaban J connectivity index is 1.93. The van der Waals surface area contributed by atoms with Gasteiger partial charge in [-0.05, 0) is 19.8 Å². The largest absolute Gasteiger partial charge is 0.466 e. The zero-order valence-electron chi connectivity index (χ0n) is 11.1. The molecule has 0 radical (unpaired) electrons. The monoisotopic (exact) mass is 283 g/mol. The van der Waals surface area contributed by atoms with E-state index in [1.165, 1.54) is 0 Å². The molecule has 1 N–H and O–H groups in total. The topological polar surface area (TPSA) is 64.1 Å². The number of nitrogens with zero attached hydrogens (tertiary/aromatic N) is 2. The maximum absolute atomic E-state index is 11.5. The number of anilines is 1. The van der Waals surface area contributed by atoms with Crippen LogP contribution in [0.4, 0.5) is 5.82 Å². The molecule has 0 saturated heterocycles. The van der Waals surface area contributed by atoms with E-state index >= 15 is 0 Å². The summed E-state index contributed by atoms with van der Waals surface area (Å²) in [5.74, 6) is 1.47. The molecular formula is C13H18ClN3O2. The summed E-state index contributed by atoms with van der Waals surface area (Å²) in [6, 6.07) is 1.67. The second-order valence-electron chi connectivity index (χ2n) is 4.74. The summed E-state index contributed by atoms with van der Waals surface area (Å²) < 4.78 is 4.95. The van der Waals surface area contributed by atoms with Crippen molar-refractivity contribution in [2.75, 3.05) is 18.5 Å². The van der Waals surface area contributed by atoms with Crippen LogP contribution in [0.3, 0.4) is 0 Å². The Hall–Kier alpha value is -1.36. The van der Waals surface area contributed by atoms with Crippen LogP contribution in [0.25, 0.3) is 0 Å². The first kappa shape index (κ1) is 14.1. The molecule has 1 unspecified atom stereocenters. The summed E-state index contributed by atoms with van der Waals surface area (Å²) in [4.78, 5) is 20.1. The average Bonchev–Trinajstić information content (AvgIpc) is 3.19. The van der Waals surface area contributed by atoms with Crippen LogP contribution in [0.1, 0.15) is 38.4 Å². The predicted molar refractivity (Wildman–Crippen MR) is 73.3 cm³/mol. The summed E-state index contributed by atoms with van der Waals surface area (Å²) in [7, 11) is 0. The van der Waals surface area contributed by atoms with Crippen molar-refractivity contribution in [2.24, 2.45) is 5.92 Å². The molecule has 1 aromatic heterocycles. The van der Waals surface area contributed by atoms with E-state index in [1.807, 2.05) is 6.92 Å². The summed E-state index contributed by atoms with van der Waals surface area (Å²) in [5.41, 5.74) is 0. The minimum absolute atomic E-state index is 0.211. The molecule has 0 aliphatic heterocycles. The molecule has 104 valence electrons. The lowest BCUT2D eigenvalue weighted by Crippen LogP contribution is -2.23. The molecule has 1 heterocycles. The molecule has 1 fully saturated rings. The summed E-state index contributed by atoms with van der Waals surface area (Å²) in [6.45, 7) is 4.48. The molecule has 5 nitrogen and oxygen atoms in total. The summed E-state index contributed by atoms with van der Waals surface area (Å²) in [6.07, 6.45) is 2.25. The molecule has 1 atom stereocenters. The van der Waals surface area contributed by atoms with E-state index in [4.69, 9.17) is 16.3 Å². The molecule has 6 heteroatoms. The van der Waals surface area contributed by atoms with Gasteiger partial charge in [0.2, 0.25) is 0 Å². The average molecular weight is 284 g/mol. The van der Waals surface area contributed by atoms with Crippen LogP contribution in [0.2, 0.25) is 5.15 Å². The van der Waals surface area contributed by atoms with Crippen molar-refractivity contribution in [3.63, 3.8) is 0 Å². The van der Waals surface area contributed by atoms with Crippen molar-refractivity contribution >= 4 is 23.4 Å². The molecule has 1 saturated carbocycles. The van der Waals surface area contributed by atoms with Crippen LogP contribution >= 0.6 is 11.6 Å². The number of hydrogen-bond donors (Lipinski definition) is 1. The number of esters is 1. The van der Waals surface area contributed by atoms with Gasteiger partial charge in [-0.15, -0.1) is 0 Å². The van der Waals surface area contributed by atoms with Crippen LogP contribution in [0.5, 0.6) is 0 Å². The van der Waals surface area contributed by atoms with E-state index in [1.54, 1.807) is 13.0 Å². The fraction of sp³-hybridized carbons (Fsp3) is 0.615. The van der Waals surface area contributed by atoms with Crippen molar-refractivity contribution in [1.82, 2.24) is 9.97 Å². The van der Waals surface area contributed by atoms with Crippen molar-refractivity contribution in [3.8, 4) is 0 Å². The van der Waals surface area contributed by atoms with E-state index < -0.39 is 0 Å². The molecule has 2 rings (SSSR count). The molecule has 1 aliphatic rings. The van der Waals surface area contributed by atoms with Crippen molar-refractivity contribution in [2.45, 2.75) is 32.6 Å². The predicted octanol–water partition coefficient (Wildman–Crippen LogP) is 2.62. The zero-order chi connectivity index (χ0) is 13.8. The Kier molecular flexibility index (Phi) is 4.58. The minimum Gasteiger partial charge on any atom is -0.466 e. The standard InChI is InChI=1S/C13H18ClN3O2/c1-3-19-13(18)8(2)7-15-11-6-10(14)16-12(17-11)9-4-5-9/h6,8-9H,3-5,7H2,1-2H3,(H,15,16,17). The Morgan fingerprint density at radius 2 is 2.32 bits per heavy atom. The molecule has 1 aromatic rings. The lowest BCUT2D eigenvalue weighted by molar-refractivity contribution is -0.146. The van der Waals surface area contributed by atoms with E-state index in [2.05, 4.69) is 15.3 Å². The second kappa shape index (κ2) is 6.19. The molecule has 0 bridgehead atoms. The van der Waals surface area contributed by atoms with Crippen LogP contribution < -0.4 is 5.32 Å². The Bertz CT molecular complexity index is 463. The van der Waals surface area contributed by atoms with Gasteiger partial charge in [0.05, 0.1) is 12.5 Å². The molecular weight excluding hydrogens is 266 g/mol. The van der Waals surface area contributed by atoms with E-state index in [9.17, 15) is 4.79 Å². The third kappa shape index (κ3) is 4.06. The lowest BCUT2D eigenvalue weighted by Gasteiger charge is -2.12. The number of halogens is 1. The molecule has 0 spiro atoms. The highest BCUT2D eigenvalue weighted by Crippen LogP contribution is 2.38. The van der Waals surface area contributed by atoms with Gasteiger partial charge in [-0.1, -0.05) is 18.5 Å². The first-order valence-electron chi connectivity index (χ1n) is 6.55. The van der Waals surface area contributed by atoms with E-state index in [-0.39, 0.29) is 11.9 Å². The summed E-state index contributed by atoms with van der Waals surface area (Å²) in [5, 5.41) is 3.54. The van der Waals surface area contributed by atoms with Crippen molar-refractivity contribution < 1.29 is 9.53 Å². The lowest BCUT2D eigenvalue weighted by atomic mass is 10.2. The third-order valence-electron chi connectivity index (χ3n) is 2.93. The van der Waals surface area contributed by atoms with E-state index in [0.29, 0.717) is 30.0 Å². The fourth-order valence-corrected chi connectivity index (χ4v) is 1.87. The highest BCUT2D eigenvalue weighted by atomic mass is 35.5. The third-order valence-corrected chi connectivity index (χ3v) is 3.13. The van der Waals surface area contributed by atoms with E-state index in [0.717, 1.165) is 18.7 Å². The summed E-state index contributed by atoms with van der Waals surface area (Å²) >= 11 is 5.97. The van der Waals surface area contributed by atoms with Gasteiger partial charge in [0.25, 0.3) is 0 Å². The number of ether oxygens (including phenoxy) is 1. The van der Waals surface area contributed by atoms with Gasteiger partial charge in [-0.3, -0.25) is 4.79 Å². The molecule has 1 aliphatic carbocycles. The highest BCUT2D eigenvalue weighted by Gasteiger charge is 2.27. The van der Waals surface area contributed by atoms with Gasteiger partial charge in [0.15, 0.2) is 0 Å². The number of hydrogen-bond acceptors (Lipinski definition) is 5. The first-order valence-corrected chi connectivity index (χ1v) is 6.93. The Morgan fingerprint density at radius 1 is 1.58 bits per heavy atom. The van der Waals surface area contributed by atoms with Gasteiger partial charge < -0.3 is 10.1 Å². The number of carbonyl (C=O) groups excluding carboxylic acids is 1. The SMILES string of the molecule is CCOC(=O)C(C)CNc1cc(Cl)nc(C2CC2)n1. The zero-order valence-corrected chi connectivity index (χ0v) is 11.9. The highest BCUT2D eigenvalue weighted by molar-refractivity contribution is 6.29. The van der Waals surface area contributed by atoms with Crippen LogP contribution in [-0.4, -0.2) is 29.1 Å². The number of rotatable bonds is 6. The van der Waals surface area contributed by atoms with Gasteiger partial charge >= 0.3 is 5.97 Å². The number of nitrogens with one attached hydrogen (secondary N) is 1. The number of carbonyl (C=O) groups is 1. The van der Waals surface area contributed by atoms with Gasteiger partial charge in [0.1, 0.15) is 16.8 Å². The molecule has 0 amide bonds. The van der Waals surface area contributed by atoms with Gasteiger partial charge in [-0.2, -0.15) is 0 Å². The smallest absolute Gasteiger partial charge is 0.310 e. The first-order chi connectivity index (χ1) is 9.10. The second-order valence-corrected chi connectivity index (χ2v) is 5.13. The normalized spacial score (nSPS) is 15.9. The van der Waals surface area contributed by atoms with Crippen LogP contribution in [0.15, 0.2) is 6.07 Å². The van der Waals surface area contributed by atoms with Crippen LogP contribution in [0, 0.1) is 5.92 Å². The van der Waals surface area contributed by atoms with Gasteiger partial charge in [0, 0.05) is 18.5 Å². The van der Waals surface area contributed by atoms with Gasteiger partial charge in [-0.25, -0.2) is 9.97 Å². The van der Waals surface area contributed by atoms with Crippen LogP contribution in [-0.2, 0) is 9.53 Å². The number of aromatic nitrogens is 2. The van der Waals surface area contributed by atoms with Crippen molar-refractivity contribution in [1.29, 1.82) is 0 Å². The molecule has 19 heavy (non-hydrogen) atoms. The maximum Gasteiger partial charge on any atom is 0.310 e. The fourth-order valence-electron chi connectivity index (χ4n) is 1.68. The molecule has 0 aromatic carbocycles. The maximum atomic E-state index is 11.5. The minimum atomic E-state index is -0.224. The van der Waals surface area contributed by atoms with Crippen molar-refractivity contribution in [3.05, 3.63) is 17.0 Å².